The molecule has 0 aromatic rings. The fourth-order valence-corrected chi connectivity index (χ4v) is 1.52. The van der Waals surface area contributed by atoms with Crippen LogP contribution in [-0.2, 0) is 9.53 Å². The Bertz CT molecular complexity index is 402. The van der Waals surface area contributed by atoms with E-state index in [1.807, 2.05) is 20.8 Å². The van der Waals surface area contributed by atoms with Crippen LogP contribution in [0.1, 0.15) is 74.1 Å². The topological polar surface area (TPSA) is 64.7 Å². The van der Waals surface area contributed by atoms with Crippen molar-refractivity contribution in [2.75, 3.05) is 0 Å². The van der Waals surface area contributed by atoms with E-state index in [-0.39, 0.29) is 5.97 Å². The van der Waals surface area contributed by atoms with Crippen molar-refractivity contribution in [1.82, 2.24) is 0 Å². The van der Waals surface area contributed by atoms with Gasteiger partial charge in [-0.3, -0.25) is 0 Å². The molecule has 0 amide bonds. The van der Waals surface area contributed by atoms with Crippen molar-refractivity contribution in [2.24, 2.45) is 16.6 Å². The zero-order valence-corrected chi connectivity index (χ0v) is 14.7. The summed E-state index contributed by atoms with van der Waals surface area (Å²) in [6.45, 7) is 14.2. The molecule has 0 aliphatic carbocycles. The number of esters is 1. The minimum absolute atomic E-state index is 0.317. The highest BCUT2D eigenvalue weighted by Gasteiger charge is 2.26. The van der Waals surface area contributed by atoms with Crippen molar-refractivity contribution in [1.29, 1.82) is 0 Å². The van der Waals surface area contributed by atoms with E-state index in [0.717, 1.165) is 24.5 Å². The number of ether oxygens (including phenoxy) is 1. The first-order valence-electron chi connectivity index (χ1n) is 7.89. The van der Waals surface area contributed by atoms with Gasteiger partial charge in [0.15, 0.2) is 0 Å². The Balaban J connectivity index is 0.000000690. The molecule has 4 nitrogen and oxygen atoms in total. The van der Waals surface area contributed by atoms with E-state index < -0.39 is 5.60 Å². The van der Waals surface area contributed by atoms with E-state index in [2.05, 4.69) is 32.7 Å². The van der Waals surface area contributed by atoms with Gasteiger partial charge >= 0.3 is 5.97 Å². The molecule has 0 fully saturated rings. The zero-order valence-electron chi connectivity index (χ0n) is 14.7. The monoisotopic (exact) mass is 296 g/mol. The maximum Gasteiger partial charge on any atom is 0.338 e. The van der Waals surface area contributed by atoms with Crippen LogP contribution < -0.4 is 5.73 Å². The standard InChI is InChI=1S/C12H20N2O2.C5H12/c1-5-6-8-7-9(10(13)14-8)11(15)16-12(2,3)4;1-4-5(2)3/h5-7,13H2,1-4H3;5H,4H2,1-3H3. The largest absolute Gasteiger partial charge is 0.456 e. The van der Waals surface area contributed by atoms with E-state index in [1.165, 1.54) is 6.42 Å². The van der Waals surface area contributed by atoms with E-state index in [9.17, 15) is 4.79 Å². The Morgan fingerprint density at radius 1 is 1.33 bits per heavy atom. The molecule has 21 heavy (non-hydrogen) atoms. The van der Waals surface area contributed by atoms with Crippen molar-refractivity contribution in [2.45, 2.75) is 79.8 Å². The van der Waals surface area contributed by atoms with E-state index in [4.69, 9.17) is 10.5 Å². The molecule has 0 bridgehead atoms. The number of hydrogen-bond donors (Lipinski definition) is 1. The minimum atomic E-state index is -0.488. The highest BCUT2D eigenvalue weighted by Crippen LogP contribution is 2.22. The Morgan fingerprint density at radius 2 is 1.86 bits per heavy atom. The SMILES string of the molecule is CCC(C)C.CCCC1=NC(N)=C(C(=O)OC(C)(C)C)C1. The maximum absolute atomic E-state index is 11.8. The van der Waals surface area contributed by atoms with Crippen molar-refractivity contribution >= 4 is 11.7 Å². The van der Waals surface area contributed by atoms with Gasteiger partial charge < -0.3 is 10.5 Å². The first-order chi connectivity index (χ1) is 9.60. The molecule has 1 heterocycles. The summed E-state index contributed by atoms with van der Waals surface area (Å²) < 4.78 is 5.27. The average Bonchev–Trinajstić information content (AvgIpc) is 2.69. The molecule has 0 saturated carbocycles. The third-order valence-electron chi connectivity index (χ3n) is 2.97. The number of nitrogens with two attached hydrogens (primary N) is 1. The van der Waals surface area contributed by atoms with Gasteiger partial charge in [0.05, 0.1) is 5.57 Å². The van der Waals surface area contributed by atoms with Crippen LogP contribution in [0.4, 0.5) is 0 Å². The number of nitrogens with zero attached hydrogens (tertiary/aromatic N) is 1. The fraction of sp³-hybridized carbons (Fsp3) is 0.765. The molecule has 0 saturated heterocycles. The zero-order chi connectivity index (χ0) is 16.6. The predicted octanol–water partition coefficient (Wildman–Crippen LogP) is 4.20. The molecule has 2 N–H and O–H groups in total. The second-order valence-electron chi connectivity index (χ2n) is 6.77. The van der Waals surface area contributed by atoms with Gasteiger partial charge in [-0.1, -0.05) is 40.5 Å². The molecular weight excluding hydrogens is 264 g/mol. The van der Waals surface area contributed by atoms with Gasteiger partial charge in [0.1, 0.15) is 11.4 Å². The Morgan fingerprint density at radius 3 is 2.24 bits per heavy atom. The van der Waals surface area contributed by atoms with Crippen LogP contribution in [0.5, 0.6) is 0 Å². The van der Waals surface area contributed by atoms with E-state index >= 15 is 0 Å². The summed E-state index contributed by atoms with van der Waals surface area (Å²) in [5, 5.41) is 0. The van der Waals surface area contributed by atoms with Gasteiger partial charge in [-0.05, 0) is 33.1 Å². The lowest BCUT2D eigenvalue weighted by Crippen LogP contribution is -2.25. The molecule has 4 heteroatoms. The summed E-state index contributed by atoms with van der Waals surface area (Å²) in [5.41, 5.74) is 6.69. The fourth-order valence-electron chi connectivity index (χ4n) is 1.52. The summed E-state index contributed by atoms with van der Waals surface area (Å²) in [6.07, 6.45) is 3.73. The van der Waals surface area contributed by atoms with Gasteiger partial charge in [-0.2, -0.15) is 0 Å². The number of aliphatic imine (C=N–C) groups is 1. The quantitative estimate of drug-likeness (QED) is 0.791. The van der Waals surface area contributed by atoms with Gasteiger partial charge in [0.2, 0.25) is 0 Å². The van der Waals surface area contributed by atoms with Crippen LogP contribution in [-0.4, -0.2) is 17.3 Å². The van der Waals surface area contributed by atoms with Crippen LogP contribution in [0.2, 0.25) is 0 Å². The van der Waals surface area contributed by atoms with Crippen LogP contribution in [0.3, 0.4) is 0 Å². The normalized spacial score (nSPS) is 14.8. The first kappa shape index (κ1) is 19.7. The molecule has 0 atom stereocenters. The summed E-state index contributed by atoms with van der Waals surface area (Å²) >= 11 is 0. The Kier molecular flexibility index (Phi) is 8.30. The van der Waals surface area contributed by atoms with Gasteiger partial charge in [-0.25, -0.2) is 9.79 Å². The van der Waals surface area contributed by atoms with Crippen molar-refractivity contribution in [3.63, 3.8) is 0 Å². The highest BCUT2D eigenvalue weighted by atomic mass is 16.6. The summed E-state index contributed by atoms with van der Waals surface area (Å²) in [7, 11) is 0. The average molecular weight is 296 g/mol. The molecule has 0 aromatic carbocycles. The number of carbonyl (C=O) groups excluding carboxylic acids is 1. The summed E-state index contributed by atoms with van der Waals surface area (Å²) in [5.74, 6) is 0.854. The Labute approximate surface area is 129 Å². The van der Waals surface area contributed by atoms with Crippen LogP contribution in [0.15, 0.2) is 16.4 Å². The van der Waals surface area contributed by atoms with Gasteiger partial charge in [-0.15, -0.1) is 0 Å². The Hall–Kier alpha value is -1.32. The van der Waals surface area contributed by atoms with Crippen LogP contribution >= 0.6 is 0 Å². The molecule has 1 rings (SSSR count). The lowest BCUT2D eigenvalue weighted by Gasteiger charge is -2.19. The molecule has 0 aromatic heterocycles. The molecule has 122 valence electrons. The second kappa shape index (κ2) is 8.85. The smallest absolute Gasteiger partial charge is 0.338 e. The molecular formula is C17H32N2O2. The maximum atomic E-state index is 11.8. The lowest BCUT2D eigenvalue weighted by atomic mass is 10.1. The molecule has 0 radical (unpaired) electrons. The van der Waals surface area contributed by atoms with Crippen molar-refractivity contribution in [3.05, 3.63) is 11.4 Å². The number of hydrogen-bond acceptors (Lipinski definition) is 4. The van der Waals surface area contributed by atoms with Crippen LogP contribution in [0.25, 0.3) is 0 Å². The lowest BCUT2D eigenvalue weighted by molar-refractivity contribution is -0.149. The number of rotatable bonds is 4. The molecule has 0 unspecified atom stereocenters. The van der Waals surface area contributed by atoms with Crippen LogP contribution in [0, 0.1) is 5.92 Å². The van der Waals surface area contributed by atoms with Crippen molar-refractivity contribution in [3.8, 4) is 0 Å². The third-order valence-corrected chi connectivity index (χ3v) is 2.97. The third kappa shape index (κ3) is 8.53. The minimum Gasteiger partial charge on any atom is -0.456 e. The van der Waals surface area contributed by atoms with Gasteiger partial charge in [0, 0.05) is 12.1 Å². The molecule has 0 spiro atoms. The van der Waals surface area contributed by atoms with E-state index in [1.54, 1.807) is 0 Å². The van der Waals surface area contributed by atoms with Crippen molar-refractivity contribution < 1.29 is 9.53 Å². The second-order valence-corrected chi connectivity index (χ2v) is 6.77. The highest BCUT2D eigenvalue weighted by molar-refractivity contribution is 6.01. The molecule has 1 aliphatic rings. The predicted molar refractivity (Wildman–Crippen MR) is 89.1 cm³/mol. The summed E-state index contributed by atoms with van der Waals surface area (Å²) in [4.78, 5) is 16.0. The summed E-state index contributed by atoms with van der Waals surface area (Å²) in [6, 6.07) is 0. The van der Waals surface area contributed by atoms with E-state index in [0.29, 0.717) is 17.8 Å². The number of carbonyl (C=O) groups is 1. The van der Waals surface area contributed by atoms with Gasteiger partial charge in [0.25, 0.3) is 0 Å². The first-order valence-corrected chi connectivity index (χ1v) is 7.89. The molecule has 1 aliphatic heterocycles.